The highest BCUT2D eigenvalue weighted by molar-refractivity contribution is 8.01. The van der Waals surface area contributed by atoms with Crippen molar-refractivity contribution in [1.29, 1.82) is 0 Å². The van der Waals surface area contributed by atoms with Crippen LogP contribution in [0.15, 0.2) is 0 Å². The maximum Gasteiger partial charge on any atom is 0.321 e. The normalized spacial score (nSPS) is 24.7. The van der Waals surface area contributed by atoms with Gasteiger partial charge in [0, 0.05) is 0 Å². The SMILES string of the molecule is CC(=O)C1CN(PP)C(=O)N1. The van der Waals surface area contributed by atoms with E-state index in [2.05, 4.69) is 14.2 Å². The molecule has 0 saturated carbocycles. The lowest BCUT2D eigenvalue weighted by Gasteiger charge is -2.08. The monoisotopic (exact) mass is 192 g/mol. The molecule has 1 N–H and O–H groups in total. The molecule has 3 atom stereocenters. The number of ketones is 1. The Balaban J connectivity index is 2.56. The molecule has 1 aliphatic heterocycles. The van der Waals surface area contributed by atoms with Gasteiger partial charge in [0.05, 0.1) is 6.54 Å². The molecule has 6 heteroatoms. The van der Waals surface area contributed by atoms with Crippen molar-refractivity contribution in [2.75, 3.05) is 6.54 Å². The van der Waals surface area contributed by atoms with E-state index in [4.69, 9.17) is 0 Å². The van der Waals surface area contributed by atoms with Crippen molar-refractivity contribution in [2.24, 2.45) is 0 Å². The minimum atomic E-state index is -0.296. The molecule has 1 saturated heterocycles. The number of rotatable bonds is 2. The molecule has 0 aliphatic carbocycles. The van der Waals surface area contributed by atoms with Crippen molar-refractivity contribution >= 4 is 29.2 Å². The van der Waals surface area contributed by atoms with Gasteiger partial charge in [-0.15, -0.1) is 0 Å². The highest BCUT2D eigenvalue weighted by atomic mass is 32.0. The average Bonchev–Trinajstić information content (AvgIpc) is 2.31. The molecule has 0 spiro atoms. The summed E-state index contributed by atoms with van der Waals surface area (Å²) in [5, 5.41) is 2.59. The lowest BCUT2D eigenvalue weighted by atomic mass is 10.2. The van der Waals surface area contributed by atoms with Crippen LogP contribution in [0.2, 0.25) is 0 Å². The number of carbonyl (C=O) groups excluding carboxylic acids is 2. The van der Waals surface area contributed by atoms with Crippen LogP contribution in [0.5, 0.6) is 0 Å². The standard InChI is InChI=1S/C5H10N2O2P2/c1-3(8)4-2-7(11-10)5(9)6-4/h4,11H,2,10H2,1H3,(H,6,9). The number of hydrogen-bond donors (Lipinski definition) is 1. The summed E-state index contributed by atoms with van der Waals surface area (Å²) in [4.78, 5) is 21.8. The van der Waals surface area contributed by atoms with Gasteiger partial charge >= 0.3 is 6.03 Å². The van der Waals surface area contributed by atoms with Crippen molar-refractivity contribution < 1.29 is 9.59 Å². The summed E-state index contributed by atoms with van der Waals surface area (Å²) >= 11 is 0. The number of Topliss-reactive ketones (excluding diaryl/α,β-unsaturated/α-hetero) is 1. The third-order valence-corrected chi connectivity index (χ3v) is 3.19. The fourth-order valence-electron chi connectivity index (χ4n) is 0.880. The van der Waals surface area contributed by atoms with E-state index in [1.165, 1.54) is 6.92 Å². The van der Waals surface area contributed by atoms with Crippen LogP contribution in [0.25, 0.3) is 0 Å². The van der Waals surface area contributed by atoms with Crippen LogP contribution in [0.1, 0.15) is 6.92 Å². The Morgan fingerprint density at radius 2 is 2.55 bits per heavy atom. The minimum absolute atomic E-state index is 0.0177. The molecule has 1 heterocycles. The highest BCUT2D eigenvalue weighted by Gasteiger charge is 2.30. The van der Waals surface area contributed by atoms with Crippen LogP contribution < -0.4 is 5.32 Å². The summed E-state index contributed by atoms with van der Waals surface area (Å²) in [6, 6.07) is -0.436. The Morgan fingerprint density at radius 1 is 1.91 bits per heavy atom. The summed E-state index contributed by atoms with van der Waals surface area (Å²) < 4.78 is 1.61. The average molecular weight is 192 g/mol. The van der Waals surface area contributed by atoms with Gasteiger partial charge in [-0.25, -0.2) is 4.79 Å². The van der Waals surface area contributed by atoms with E-state index in [0.29, 0.717) is 15.0 Å². The van der Waals surface area contributed by atoms with E-state index >= 15 is 0 Å². The van der Waals surface area contributed by atoms with E-state index in [9.17, 15) is 9.59 Å². The molecular weight excluding hydrogens is 182 g/mol. The quantitative estimate of drug-likeness (QED) is 0.642. The van der Waals surface area contributed by atoms with Crippen molar-refractivity contribution in [1.82, 2.24) is 9.99 Å². The second-order valence-corrected chi connectivity index (χ2v) is 3.93. The lowest BCUT2D eigenvalue weighted by molar-refractivity contribution is -0.118. The summed E-state index contributed by atoms with van der Waals surface area (Å²) in [6.45, 7) is 2.00. The molecule has 4 nitrogen and oxygen atoms in total. The number of hydrogen-bond acceptors (Lipinski definition) is 2. The molecule has 11 heavy (non-hydrogen) atoms. The van der Waals surface area contributed by atoms with Crippen LogP contribution >= 0.6 is 17.3 Å². The molecule has 0 aromatic rings. The molecule has 1 rings (SSSR count). The Labute approximate surface area is 69.0 Å². The number of carbonyl (C=O) groups is 2. The van der Waals surface area contributed by atoms with Gasteiger partial charge in [-0.2, -0.15) is 0 Å². The van der Waals surface area contributed by atoms with Gasteiger partial charge in [-0.3, -0.25) is 4.79 Å². The maximum absolute atomic E-state index is 11.0. The fraction of sp³-hybridized carbons (Fsp3) is 0.600. The van der Waals surface area contributed by atoms with E-state index in [1.807, 2.05) is 0 Å². The number of urea groups is 1. The van der Waals surface area contributed by atoms with Crippen LogP contribution in [-0.4, -0.2) is 29.1 Å². The molecule has 0 radical (unpaired) electrons. The molecule has 0 aromatic carbocycles. The van der Waals surface area contributed by atoms with Gasteiger partial charge in [0.15, 0.2) is 5.78 Å². The number of nitrogens with zero attached hydrogens (tertiary/aromatic N) is 1. The van der Waals surface area contributed by atoms with Crippen LogP contribution in [0, 0.1) is 0 Å². The molecule has 3 unspecified atom stereocenters. The first-order chi connectivity index (χ1) is 5.15. The van der Waals surface area contributed by atoms with Crippen LogP contribution in [0.3, 0.4) is 0 Å². The van der Waals surface area contributed by atoms with Crippen molar-refractivity contribution in [3.05, 3.63) is 0 Å². The van der Waals surface area contributed by atoms with Crippen LogP contribution in [0.4, 0.5) is 4.79 Å². The zero-order valence-corrected chi connectivity index (χ0v) is 8.28. The summed E-state index contributed by atoms with van der Waals surface area (Å²) in [7, 11) is 2.83. The number of nitrogens with one attached hydrogen (secondary N) is 1. The zero-order chi connectivity index (χ0) is 8.43. The predicted molar refractivity (Wildman–Crippen MR) is 47.7 cm³/mol. The molecular formula is C5H10N2O2P2. The largest absolute Gasteiger partial charge is 0.326 e. The van der Waals surface area contributed by atoms with E-state index < -0.39 is 0 Å². The Hall–Kier alpha value is -0.200. The Bertz CT molecular complexity index is 197. The summed E-state index contributed by atoms with van der Waals surface area (Å²) in [5.41, 5.74) is 0. The van der Waals surface area contributed by atoms with E-state index in [1.54, 1.807) is 4.67 Å². The van der Waals surface area contributed by atoms with Crippen molar-refractivity contribution in [3.8, 4) is 0 Å². The predicted octanol–water partition coefficient (Wildman–Crippen LogP) is 0.353. The van der Waals surface area contributed by atoms with Gasteiger partial charge in [0.25, 0.3) is 0 Å². The van der Waals surface area contributed by atoms with Gasteiger partial charge in [0.1, 0.15) is 6.04 Å². The van der Waals surface area contributed by atoms with E-state index in [0.717, 1.165) is 0 Å². The third kappa shape index (κ3) is 1.88. The fourth-order valence-corrected chi connectivity index (χ4v) is 2.02. The minimum Gasteiger partial charge on any atom is -0.326 e. The Morgan fingerprint density at radius 3 is 2.82 bits per heavy atom. The van der Waals surface area contributed by atoms with Gasteiger partial charge in [-0.1, -0.05) is 8.93 Å². The zero-order valence-electron chi connectivity index (χ0n) is 6.13. The second kappa shape index (κ2) is 3.46. The second-order valence-electron chi connectivity index (χ2n) is 2.35. The first-order valence-corrected chi connectivity index (χ1v) is 5.95. The topological polar surface area (TPSA) is 49.4 Å². The number of amides is 2. The Kier molecular flexibility index (Phi) is 2.80. The van der Waals surface area contributed by atoms with Crippen molar-refractivity contribution in [2.45, 2.75) is 13.0 Å². The van der Waals surface area contributed by atoms with Crippen LogP contribution in [-0.2, 0) is 4.79 Å². The third-order valence-electron chi connectivity index (χ3n) is 1.55. The molecule has 62 valence electrons. The molecule has 2 amide bonds. The first kappa shape index (κ1) is 8.89. The smallest absolute Gasteiger partial charge is 0.321 e. The summed E-state index contributed by atoms with van der Waals surface area (Å²) in [6.07, 6.45) is 0. The first-order valence-electron chi connectivity index (χ1n) is 3.20. The van der Waals surface area contributed by atoms with E-state index in [-0.39, 0.29) is 17.9 Å². The molecule has 0 aromatic heterocycles. The highest BCUT2D eigenvalue weighted by Crippen LogP contribution is 2.29. The lowest BCUT2D eigenvalue weighted by Crippen LogP contribution is -2.32. The van der Waals surface area contributed by atoms with Gasteiger partial charge < -0.3 is 9.99 Å². The van der Waals surface area contributed by atoms with Gasteiger partial charge in [0.2, 0.25) is 0 Å². The van der Waals surface area contributed by atoms with Crippen molar-refractivity contribution in [3.63, 3.8) is 0 Å². The van der Waals surface area contributed by atoms with Gasteiger partial charge in [-0.05, 0) is 15.3 Å². The summed E-state index contributed by atoms with van der Waals surface area (Å²) in [5.74, 6) is 0.0177. The maximum atomic E-state index is 11.0. The molecule has 1 aliphatic rings. The molecule has 0 bridgehead atoms. The molecule has 1 fully saturated rings.